The van der Waals surface area contributed by atoms with Crippen LogP contribution in [0.2, 0.25) is 0 Å². The van der Waals surface area contributed by atoms with Gasteiger partial charge in [-0.3, -0.25) is 4.79 Å². The molecule has 5 atom stereocenters. The maximum absolute atomic E-state index is 11.3. The van der Waals surface area contributed by atoms with E-state index in [4.69, 9.17) is 14.2 Å². The zero-order valence-corrected chi connectivity index (χ0v) is 9.92. The molecule has 5 nitrogen and oxygen atoms in total. The van der Waals surface area contributed by atoms with E-state index in [9.17, 15) is 9.59 Å². The van der Waals surface area contributed by atoms with Gasteiger partial charge in [-0.1, -0.05) is 0 Å². The Morgan fingerprint density at radius 3 is 2.65 bits per heavy atom. The Labute approximate surface area is 99.4 Å². The number of fused-ring (bicyclic) bond motifs is 3. The second-order valence-electron chi connectivity index (χ2n) is 5.49. The van der Waals surface area contributed by atoms with E-state index in [-0.39, 0.29) is 35.9 Å². The summed E-state index contributed by atoms with van der Waals surface area (Å²) in [5.74, 6) is -0.984. The van der Waals surface area contributed by atoms with Crippen molar-refractivity contribution < 1.29 is 23.8 Å². The molecule has 3 aliphatic rings. The molecule has 0 radical (unpaired) electrons. The summed E-state index contributed by atoms with van der Waals surface area (Å²) in [6.07, 6.45) is 0.868. The molecule has 0 amide bonds. The van der Waals surface area contributed by atoms with E-state index in [0.29, 0.717) is 13.0 Å². The van der Waals surface area contributed by atoms with Crippen molar-refractivity contribution in [2.45, 2.75) is 38.3 Å². The lowest BCUT2D eigenvalue weighted by molar-refractivity contribution is -0.181. The van der Waals surface area contributed by atoms with E-state index in [1.54, 1.807) is 0 Å². The molecule has 0 unspecified atom stereocenters. The highest BCUT2D eigenvalue weighted by Gasteiger charge is 2.60. The van der Waals surface area contributed by atoms with Gasteiger partial charge in [0.05, 0.1) is 25.2 Å². The van der Waals surface area contributed by atoms with Crippen LogP contribution in [0.25, 0.3) is 0 Å². The molecule has 0 aromatic carbocycles. The highest BCUT2D eigenvalue weighted by Crippen LogP contribution is 2.50. The summed E-state index contributed by atoms with van der Waals surface area (Å²) < 4.78 is 16.6. The number of carbonyl (C=O) groups is 2. The maximum atomic E-state index is 11.3. The summed E-state index contributed by atoms with van der Waals surface area (Å²) in [5.41, 5.74) is 0. The molecule has 0 aromatic heterocycles. The molecule has 2 heterocycles. The average molecular weight is 240 g/mol. The number of cyclic esters (lactones) is 1. The average Bonchev–Trinajstić information content (AvgIpc) is 2.69. The van der Waals surface area contributed by atoms with Crippen molar-refractivity contribution in [3.8, 4) is 0 Å². The topological polar surface area (TPSA) is 61.8 Å². The number of ether oxygens (including phenoxy) is 3. The molecule has 17 heavy (non-hydrogen) atoms. The molecule has 3 fully saturated rings. The van der Waals surface area contributed by atoms with Crippen LogP contribution in [-0.2, 0) is 23.8 Å². The van der Waals surface area contributed by atoms with Gasteiger partial charge in [-0.25, -0.2) is 0 Å². The van der Waals surface area contributed by atoms with E-state index in [0.717, 1.165) is 6.29 Å². The van der Waals surface area contributed by atoms with Crippen molar-refractivity contribution in [2.75, 3.05) is 6.61 Å². The largest absolute Gasteiger partial charge is 0.465 e. The van der Waals surface area contributed by atoms with Gasteiger partial charge < -0.3 is 19.0 Å². The summed E-state index contributed by atoms with van der Waals surface area (Å²) in [5, 5.41) is 0. The van der Waals surface area contributed by atoms with Crippen LogP contribution < -0.4 is 0 Å². The lowest BCUT2D eigenvalue weighted by atomic mass is 9.86. The number of rotatable bonds is 1. The fraction of sp³-hybridized carbons (Fsp3) is 0.833. The number of aldehydes is 1. The number of carbonyl (C=O) groups excluding carboxylic acids is 2. The molecule has 0 N–H and O–H groups in total. The first-order valence-corrected chi connectivity index (χ1v) is 5.98. The van der Waals surface area contributed by atoms with Crippen molar-refractivity contribution in [3.63, 3.8) is 0 Å². The molecule has 0 spiro atoms. The van der Waals surface area contributed by atoms with E-state index >= 15 is 0 Å². The molecule has 94 valence electrons. The summed E-state index contributed by atoms with van der Waals surface area (Å²) in [4.78, 5) is 22.6. The van der Waals surface area contributed by atoms with Gasteiger partial charge in [0.1, 0.15) is 6.29 Å². The van der Waals surface area contributed by atoms with Crippen LogP contribution in [0, 0.1) is 17.8 Å². The van der Waals surface area contributed by atoms with Gasteiger partial charge in [0.25, 0.3) is 0 Å². The van der Waals surface area contributed by atoms with Crippen LogP contribution in [-0.4, -0.2) is 36.9 Å². The lowest BCUT2D eigenvalue weighted by Gasteiger charge is -2.30. The Kier molecular flexibility index (Phi) is 2.32. The molecule has 5 heteroatoms. The minimum Gasteiger partial charge on any atom is -0.465 e. The van der Waals surface area contributed by atoms with E-state index < -0.39 is 5.79 Å². The molecule has 1 saturated carbocycles. The Balaban J connectivity index is 1.89. The van der Waals surface area contributed by atoms with Gasteiger partial charge in [-0.15, -0.1) is 0 Å². The molecule has 3 rings (SSSR count). The van der Waals surface area contributed by atoms with Gasteiger partial charge in [0, 0.05) is 17.8 Å². The van der Waals surface area contributed by atoms with Crippen molar-refractivity contribution in [1.82, 2.24) is 0 Å². The fourth-order valence-corrected chi connectivity index (χ4v) is 3.34. The second kappa shape index (κ2) is 3.53. The quantitative estimate of drug-likeness (QED) is 0.494. The van der Waals surface area contributed by atoms with Crippen molar-refractivity contribution >= 4 is 12.3 Å². The third-order valence-electron chi connectivity index (χ3n) is 4.01. The Hall–Kier alpha value is -0.940. The number of hydrogen-bond acceptors (Lipinski definition) is 5. The SMILES string of the molecule is CC1(C)O[C@@H]2[C@@H](C=O)[C@H]3COC(=O)C[C@H]3[C@@H]2O1. The molecular weight excluding hydrogens is 224 g/mol. The Morgan fingerprint density at radius 2 is 1.94 bits per heavy atom. The summed E-state index contributed by atoms with van der Waals surface area (Å²) in [7, 11) is 0. The van der Waals surface area contributed by atoms with Crippen LogP contribution in [0.15, 0.2) is 0 Å². The van der Waals surface area contributed by atoms with E-state index in [1.807, 2.05) is 13.8 Å². The first-order valence-electron chi connectivity index (χ1n) is 5.98. The van der Waals surface area contributed by atoms with Crippen LogP contribution in [0.4, 0.5) is 0 Å². The smallest absolute Gasteiger partial charge is 0.306 e. The summed E-state index contributed by atoms with van der Waals surface area (Å²) in [6.45, 7) is 3.99. The van der Waals surface area contributed by atoms with E-state index in [1.165, 1.54) is 0 Å². The normalized spacial score (nSPS) is 47.2. The van der Waals surface area contributed by atoms with Gasteiger partial charge in [-0.2, -0.15) is 0 Å². The minimum absolute atomic E-state index is 0.0521. The van der Waals surface area contributed by atoms with Gasteiger partial charge in [-0.05, 0) is 13.8 Å². The summed E-state index contributed by atoms with van der Waals surface area (Å²) in [6, 6.07) is 0. The molecular formula is C12H16O5. The molecule has 2 saturated heterocycles. The zero-order chi connectivity index (χ0) is 12.2. The second-order valence-corrected chi connectivity index (χ2v) is 5.49. The van der Waals surface area contributed by atoms with Crippen molar-refractivity contribution in [2.24, 2.45) is 17.8 Å². The standard InChI is InChI=1S/C12H16O5/c1-12(2)16-10-6-3-9(14)15-5-8(6)7(4-13)11(10)17-12/h4,6-8,10-11H,3,5H2,1-2H3/t6-,7+,8+,10+,11-/m1/s1. The van der Waals surface area contributed by atoms with Crippen LogP contribution >= 0.6 is 0 Å². The monoisotopic (exact) mass is 240 g/mol. The zero-order valence-electron chi connectivity index (χ0n) is 9.92. The molecule has 0 aromatic rings. The molecule has 0 bridgehead atoms. The van der Waals surface area contributed by atoms with Crippen LogP contribution in [0.1, 0.15) is 20.3 Å². The van der Waals surface area contributed by atoms with Crippen molar-refractivity contribution in [3.05, 3.63) is 0 Å². The molecule has 2 aliphatic heterocycles. The van der Waals surface area contributed by atoms with E-state index in [2.05, 4.69) is 0 Å². The summed E-state index contributed by atoms with van der Waals surface area (Å²) >= 11 is 0. The predicted molar refractivity (Wildman–Crippen MR) is 55.9 cm³/mol. The highest BCUT2D eigenvalue weighted by atomic mass is 16.8. The van der Waals surface area contributed by atoms with Crippen molar-refractivity contribution in [1.29, 1.82) is 0 Å². The first-order chi connectivity index (χ1) is 8.02. The third kappa shape index (κ3) is 1.60. The minimum atomic E-state index is -0.664. The van der Waals surface area contributed by atoms with Gasteiger partial charge in [0.15, 0.2) is 5.79 Å². The van der Waals surface area contributed by atoms with Crippen LogP contribution in [0.5, 0.6) is 0 Å². The van der Waals surface area contributed by atoms with Gasteiger partial charge in [0.2, 0.25) is 0 Å². The van der Waals surface area contributed by atoms with Crippen LogP contribution in [0.3, 0.4) is 0 Å². The van der Waals surface area contributed by atoms with Gasteiger partial charge >= 0.3 is 5.97 Å². The first kappa shape index (κ1) is 11.2. The number of hydrogen-bond donors (Lipinski definition) is 0. The predicted octanol–water partition coefficient (Wildman–Crippen LogP) is 0.514. The molecule has 1 aliphatic carbocycles. The highest BCUT2D eigenvalue weighted by molar-refractivity contribution is 5.71. The fourth-order valence-electron chi connectivity index (χ4n) is 3.34. The Morgan fingerprint density at radius 1 is 1.24 bits per heavy atom. The third-order valence-corrected chi connectivity index (χ3v) is 4.01. The number of esters is 1. The Bertz CT molecular complexity index is 364. The lowest BCUT2D eigenvalue weighted by Crippen LogP contribution is -2.37. The maximum Gasteiger partial charge on any atom is 0.306 e.